The van der Waals surface area contributed by atoms with Crippen LogP contribution in [0.5, 0.6) is 0 Å². The van der Waals surface area contributed by atoms with Crippen LogP contribution in [0.1, 0.15) is 39.0 Å². The molecule has 2 atom stereocenters. The summed E-state index contributed by atoms with van der Waals surface area (Å²) in [6, 6.07) is 0. The lowest BCUT2D eigenvalue weighted by Gasteiger charge is -2.39. The second-order valence-electron chi connectivity index (χ2n) is 4.30. The minimum absolute atomic E-state index is 0.286. The highest BCUT2D eigenvalue weighted by Crippen LogP contribution is 2.30. The molecule has 0 saturated carbocycles. The summed E-state index contributed by atoms with van der Waals surface area (Å²) in [7, 11) is 0. The first-order valence-electron chi connectivity index (χ1n) is 5.18. The minimum atomic E-state index is 0.286. The van der Waals surface area contributed by atoms with Crippen molar-refractivity contribution < 1.29 is 4.74 Å². The molecule has 0 aromatic rings. The topological polar surface area (TPSA) is 21.3 Å². The number of nitrogens with one attached hydrogen (secondary N) is 1. The van der Waals surface area contributed by atoms with Crippen LogP contribution in [0.25, 0.3) is 0 Å². The molecule has 2 saturated heterocycles. The summed E-state index contributed by atoms with van der Waals surface area (Å²) >= 11 is 0. The van der Waals surface area contributed by atoms with E-state index in [-0.39, 0.29) is 5.54 Å². The fourth-order valence-electron chi connectivity index (χ4n) is 2.43. The molecule has 70 valence electrons. The van der Waals surface area contributed by atoms with Crippen molar-refractivity contribution in [3.05, 3.63) is 0 Å². The fraction of sp³-hybridized carbons (Fsp3) is 1.00. The van der Waals surface area contributed by atoms with Gasteiger partial charge >= 0.3 is 0 Å². The second-order valence-corrected chi connectivity index (χ2v) is 4.30. The van der Waals surface area contributed by atoms with Crippen molar-refractivity contribution in [1.29, 1.82) is 0 Å². The molecule has 0 radical (unpaired) electrons. The Morgan fingerprint density at radius 1 is 1.33 bits per heavy atom. The van der Waals surface area contributed by atoms with Crippen LogP contribution in [0.3, 0.4) is 0 Å². The number of hydrogen-bond acceptors (Lipinski definition) is 2. The molecule has 0 bridgehead atoms. The van der Waals surface area contributed by atoms with E-state index in [0.717, 1.165) is 6.61 Å². The lowest BCUT2D eigenvalue weighted by Crippen LogP contribution is -2.54. The van der Waals surface area contributed by atoms with Crippen molar-refractivity contribution in [3.63, 3.8) is 0 Å². The van der Waals surface area contributed by atoms with Gasteiger partial charge in [0.25, 0.3) is 0 Å². The van der Waals surface area contributed by atoms with Gasteiger partial charge in [0.05, 0.1) is 6.10 Å². The zero-order chi connectivity index (χ0) is 8.44. The SMILES string of the molecule is CC1(C2CCCO2)CCCCN1. The van der Waals surface area contributed by atoms with Crippen molar-refractivity contribution in [2.75, 3.05) is 13.2 Å². The molecular weight excluding hydrogens is 150 g/mol. The standard InChI is InChI=1S/C10H19NO/c1-10(6-2-3-7-11-10)9-5-4-8-12-9/h9,11H,2-8H2,1H3. The minimum Gasteiger partial charge on any atom is -0.376 e. The van der Waals surface area contributed by atoms with Gasteiger partial charge < -0.3 is 10.1 Å². The molecule has 2 nitrogen and oxygen atoms in total. The Bertz CT molecular complexity index is 146. The zero-order valence-electron chi connectivity index (χ0n) is 7.94. The summed E-state index contributed by atoms with van der Waals surface area (Å²) in [5.74, 6) is 0. The van der Waals surface area contributed by atoms with E-state index >= 15 is 0 Å². The van der Waals surface area contributed by atoms with Crippen LogP contribution in [-0.2, 0) is 4.74 Å². The maximum Gasteiger partial charge on any atom is 0.0754 e. The van der Waals surface area contributed by atoms with Gasteiger partial charge in [0, 0.05) is 12.1 Å². The number of hydrogen-bond donors (Lipinski definition) is 1. The van der Waals surface area contributed by atoms with Crippen LogP contribution in [0.15, 0.2) is 0 Å². The first-order chi connectivity index (χ1) is 5.81. The summed E-state index contributed by atoms with van der Waals surface area (Å²) < 4.78 is 5.73. The molecule has 2 fully saturated rings. The van der Waals surface area contributed by atoms with Crippen LogP contribution in [0.4, 0.5) is 0 Å². The lowest BCUT2D eigenvalue weighted by molar-refractivity contribution is 0.0231. The number of piperidine rings is 1. The predicted molar refractivity (Wildman–Crippen MR) is 49.2 cm³/mol. The number of rotatable bonds is 1. The van der Waals surface area contributed by atoms with Crippen LogP contribution in [0.2, 0.25) is 0 Å². The highest BCUT2D eigenvalue weighted by atomic mass is 16.5. The lowest BCUT2D eigenvalue weighted by atomic mass is 9.84. The molecule has 2 unspecified atom stereocenters. The molecular formula is C10H19NO. The maximum absolute atomic E-state index is 5.73. The molecule has 0 spiro atoms. The van der Waals surface area contributed by atoms with Crippen LogP contribution < -0.4 is 5.32 Å². The smallest absolute Gasteiger partial charge is 0.0754 e. The van der Waals surface area contributed by atoms with E-state index in [9.17, 15) is 0 Å². The first kappa shape index (κ1) is 8.52. The van der Waals surface area contributed by atoms with E-state index in [1.54, 1.807) is 0 Å². The highest BCUT2D eigenvalue weighted by molar-refractivity contribution is 4.95. The van der Waals surface area contributed by atoms with Gasteiger partial charge in [-0.15, -0.1) is 0 Å². The Kier molecular flexibility index (Phi) is 2.37. The van der Waals surface area contributed by atoms with E-state index in [4.69, 9.17) is 4.74 Å². The molecule has 2 heterocycles. The Morgan fingerprint density at radius 3 is 2.83 bits per heavy atom. The van der Waals surface area contributed by atoms with Crippen LogP contribution in [-0.4, -0.2) is 24.8 Å². The van der Waals surface area contributed by atoms with Crippen molar-refractivity contribution >= 4 is 0 Å². The molecule has 2 aliphatic heterocycles. The van der Waals surface area contributed by atoms with Gasteiger partial charge in [0.2, 0.25) is 0 Å². The molecule has 0 aromatic carbocycles. The van der Waals surface area contributed by atoms with Gasteiger partial charge in [0.1, 0.15) is 0 Å². The van der Waals surface area contributed by atoms with Crippen molar-refractivity contribution in [2.45, 2.75) is 50.7 Å². The Labute approximate surface area is 74.7 Å². The molecule has 2 heteroatoms. The van der Waals surface area contributed by atoms with Gasteiger partial charge in [-0.2, -0.15) is 0 Å². The van der Waals surface area contributed by atoms with Gasteiger partial charge in [0.15, 0.2) is 0 Å². The van der Waals surface area contributed by atoms with Crippen LogP contribution in [0, 0.1) is 0 Å². The van der Waals surface area contributed by atoms with E-state index in [1.807, 2.05) is 0 Å². The van der Waals surface area contributed by atoms with E-state index < -0.39 is 0 Å². The predicted octanol–water partition coefficient (Wildman–Crippen LogP) is 1.70. The monoisotopic (exact) mass is 169 g/mol. The normalized spacial score (nSPS) is 43.2. The maximum atomic E-state index is 5.73. The van der Waals surface area contributed by atoms with Gasteiger partial charge in [-0.05, 0) is 39.2 Å². The van der Waals surface area contributed by atoms with E-state index in [2.05, 4.69) is 12.2 Å². The Balaban J connectivity index is 1.97. The molecule has 1 N–H and O–H groups in total. The van der Waals surface area contributed by atoms with Gasteiger partial charge in [-0.3, -0.25) is 0 Å². The third kappa shape index (κ3) is 1.50. The number of ether oxygens (including phenoxy) is 1. The summed E-state index contributed by atoms with van der Waals surface area (Å²) in [6.45, 7) is 4.47. The quantitative estimate of drug-likeness (QED) is 0.645. The fourth-order valence-corrected chi connectivity index (χ4v) is 2.43. The third-order valence-electron chi connectivity index (χ3n) is 3.29. The van der Waals surface area contributed by atoms with Gasteiger partial charge in [-0.25, -0.2) is 0 Å². The van der Waals surface area contributed by atoms with Crippen LogP contribution >= 0.6 is 0 Å². The van der Waals surface area contributed by atoms with E-state index in [1.165, 1.54) is 38.6 Å². The Morgan fingerprint density at radius 2 is 2.25 bits per heavy atom. The molecule has 2 rings (SSSR count). The van der Waals surface area contributed by atoms with E-state index in [0.29, 0.717) is 6.10 Å². The molecule has 0 aliphatic carbocycles. The first-order valence-corrected chi connectivity index (χ1v) is 5.18. The molecule has 0 amide bonds. The Hall–Kier alpha value is -0.0800. The van der Waals surface area contributed by atoms with Crippen molar-refractivity contribution in [1.82, 2.24) is 5.32 Å². The molecule has 2 aliphatic rings. The third-order valence-corrected chi connectivity index (χ3v) is 3.29. The summed E-state index contributed by atoms with van der Waals surface area (Å²) in [4.78, 5) is 0. The van der Waals surface area contributed by atoms with Crippen molar-refractivity contribution in [2.24, 2.45) is 0 Å². The highest BCUT2D eigenvalue weighted by Gasteiger charge is 2.37. The van der Waals surface area contributed by atoms with Gasteiger partial charge in [-0.1, -0.05) is 6.42 Å². The molecule has 12 heavy (non-hydrogen) atoms. The average molecular weight is 169 g/mol. The average Bonchev–Trinajstić information content (AvgIpc) is 2.58. The summed E-state index contributed by atoms with van der Waals surface area (Å²) in [5, 5.41) is 3.61. The summed E-state index contributed by atoms with van der Waals surface area (Å²) in [5.41, 5.74) is 0.286. The molecule has 0 aromatic heterocycles. The van der Waals surface area contributed by atoms with Crippen molar-refractivity contribution in [3.8, 4) is 0 Å². The zero-order valence-corrected chi connectivity index (χ0v) is 7.94. The largest absolute Gasteiger partial charge is 0.376 e. The second kappa shape index (κ2) is 3.35. The summed E-state index contributed by atoms with van der Waals surface area (Å²) in [6.07, 6.45) is 6.98.